The summed E-state index contributed by atoms with van der Waals surface area (Å²) in [5, 5.41) is 17.4. The molecule has 0 heterocycles. The van der Waals surface area contributed by atoms with Crippen molar-refractivity contribution in [2.45, 2.75) is 6.29 Å². The predicted molar refractivity (Wildman–Crippen MR) is 123 cm³/mol. The number of hydrazone groups is 2. The number of carbonyl (C=O) groups excluding carboxylic acids is 2. The smallest absolute Gasteiger partial charge is 0.337 e. The second-order valence-corrected chi connectivity index (χ2v) is 6.63. The first kappa shape index (κ1) is 25.4. The van der Waals surface area contributed by atoms with E-state index in [-0.39, 0.29) is 13.2 Å². The zero-order chi connectivity index (χ0) is 24.1. The topological polar surface area (TPSA) is 131 Å². The molecule has 1 amide bonds. The fourth-order valence-electron chi connectivity index (χ4n) is 2.41. The minimum absolute atomic E-state index is 0.0685. The largest absolute Gasteiger partial charge is 0.465 e. The minimum Gasteiger partial charge on any atom is -0.465 e. The van der Waals surface area contributed by atoms with E-state index in [1.807, 2.05) is 0 Å². The summed E-state index contributed by atoms with van der Waals surface area (Å²) in [6.45, 7) is 3.62. The molecular formula is C23H26N4O6. The number of nitrogens with one attached hydrogen (secondary N) is 2. The van der Waals surface area contributed by atoms with E-state index in [1.54, 1.807) is 54.7 Å². The maximum Gasteiger partial charge on any atom is 0.337 e. The molecule has 10 heteroatoms. The van der Waals surface area contributed by atoms with Gasteiger partial charge < -0.3 is 19.3 Å². The Hall–Kier alpha value is -3.86. The van der Waals surface area contributed by atoms with Crippen LogP contribution in [0.15, 0.2) is 71.0 Å². The molecule has 174 valence electrons. The molecule has 0 aliphatic rings. The van der Waals surface area contributed by atoms with Crippen LogP contribution < -0.4 is 10.9 Å². The molecule has 1 atom stereocenters. The van der Waals surface area contributed by atoms with Crippen molar-refractivity contribution >= 4 is 24.3 Å². The molecule has 0 spiro atoms. The van der Waals surface area contributed by atoms with E-state index in [0.717, 1.165) is 11.1 Å². The van der Waals surface area contributed by atoms with Crippen molar-refractivity contribution in [3.05, 3.63) is 83.1 Å². The van der Waals surface area contributed by atoms with Crippen LogP contribution in [0.2, 0.25) is 0 Å². The van der Waals surface area contributed by atoms with Crippen molar-refractivity contribution in [3.8, 4) is 0 Å². The second-order valence-electron chi connectivity index (χ2n) is 6.63. The number of hydrogen-bond donors (Lipinski definition) is 3. The van der Waals surface area contributed by atoms with E-state index >= 15 is 0 Å². The van der Waals surface area contributed by atoms with Crippen LogP contribution in [-0.4, -0.2) is 56.8 Å². The normalized spacial score (nSPS) is 12.0. The van der Waals surface area contributed by atoms with Crippen LogP contribution in [0.4, 0.5) is 0 Å². The summed E-state index contributed by atoms with van der Waals surface area (Å²) in [7, 11) is 2.73. The average molecular weight is 454 g/mol. The summed E-state index contributed by atoms with van der Waals surface area (Å²) >= 11 is 0. The van der Waals surface area contributed by atoms with Gasteiger partial charge in [-0.1, -0.05) is 43.0 Å². The first-order valence-electron chi connectivity index (χ1n) is 9.78. The molecule has 33 heavy (non-hydrogen) atoms. The number of hydrogen-bond acceptors (Lipinski definition) is 9. The van der Waals surface area contributed by atoms with Gasteiger partial charge in [0.15, 0.2) is 6.29 Å². The summed E-state index contributed by atoms with van der Waals surface area (Å²) in [6.07, 6.45) is 2.03. The van der Waals surface area contributed by atoms with E-state index in [4.69, 9.17) is 9.47 Å². The lowest BCUT2D eigenvalue weighted by Crippen LogP contribution is -2.24. The molecule has 0 aliphatic heterocycles. The number of amides is 1. The van der Waals surface area contributed by atoms with Gasteiger partial charge in [0, 0.05) is 12.7 Å². The Bertz CT molecular complexity index is 987. The third kappa shape index (κ3) is 9.03. The Morgan fingerprint density at radius 2 is 1.55 bits per heavy atom. The molecule has 2 rings (SSSR count). The van der Waals surface area contributed by atoms with Crippen molar-refractivity contribution in [1.82, 2.24) is 10.9 Å². The number of methoxy groups -OCH3 is 2. The van der Waals surface area contributed by atoms with Crippen LogP contribution in [0.5, 0.6) is 0 Å². The lowest BCUT2D eigenvalue weighted by atomic mass is 10.1. The van der Waals surface area contributed by atoms with E-state index in [2.05, 4.69) is 32.4 Å². The standard InChI is InChI=1S/C23H26N4O6/c1-16(26-24-12-17-4-8-19(9-5-17)22(29)31-2)14-33-15-21(28)27-25-13-18-6-10-20(11-7-18)23(30)32-3/h4-13,23,26,30H,1,14-15H2,2-3H3,(H,27,28)/b24-12+,25-13+/t23-/m0/s1. The molecular weight excluding hydrogens is 428 g/mol. The van der Waals surface area contributed by atoms with Gasteiger partial charge in [-0.3, -0.25) is 10.2 Å². The fourth-order valence-corrected chi connectivity index (χ4v) is 2.41. The van der Waals surface area contributed by atoms with E-state index in [0.29, 0.717) is 16.8 Å². The number of benzene rings is 2. The Morgan fingerprint density at radius 3 is 2.12 bits per heavy atom. The van der Waals surface area contributed by atoms with Gasteiger partial charge in [-0.2, -0.15) is 10.2 Å². The molecule has 2 aromatic carbocycles. The van der Waals surface area contributed by atoms with Gasteiger partial charge in [-0.25, -0.2) is 10.2 Å². The molecule has 0 aliphatic carbocycles. The molecule has 10 nitrogen and oxygen atoms in total. The number of rotatable bonds is 12. The van der Waals surface area contributed by atoms with Crippen LogP contribution in [0.25, 0.3) is 0 Å². The first-order chi connectivity index (χ1) is 15.9. The van der Waals surface area contributed by atoms with Gasteiger partial charge in [-0.15, -0.1) is 0 Å². The van der Waals surface area contributed by atoms with Crippen LogP contribution in [0.3, 0.4) is 0 Å². The van der Waals surface area contributed by atoms with E-state index in [9.17, 15) is 14.7 Å². The highest BCUT2D eigenvalue weighted by atomic mass is 16.6. The number of nitrogens with zero attached hydrogens (tertiary/aromatic N) is 2. The number of aliphatic hydroxyl groups excluding tert-OH is 1. The summed E-state index contributed by atoms with van der Waals surface area (Å²) < 4.78 is 14.7. The van der Waals surface area contributed by atoms with Gasteiger partial charge in [0.05, 0.1) is 37.4 Å². The third-order valence-electron chi connectivity index (χ3n) is 4.13. The van der Waals surface area contributed by atoms with Gasteiger partial charge in [0.25, 0.3) is 5.91 Å². The minimum atomic E-state index is -0.984. The van der Waals surface area contributed by atoms with Gasteiger partial charge >= 0.3 is 5.97 Å². The highest BCUT2D eigenvalue weighted by molar-refractivity contribution is 5.90. The maximum atomic E-state index is 11.8. The van der Waals surface area contributed by atoms with Crippen LogP contribution in [0, 0.1) is 0 Å². The van der Waals surface area contributed by atoms with Crippen molar-refractivity contribution in [2.24, 2.45) is 10.2 Å². The summed E-state index contributed by atoms with van der Waals surface area (Å²) in [5.74, 6) is -0.839. The van der Waals surface area contributed by atoms with Gasteiger partial charge in [0.2, 0.25) is 0 Å². The van der Waals surface area contributed by atoms with E-state index < -0.39 is 18.2 Å². The molecule has 2 aromatic rings. The zero-order valence-corrected chi connectivity index (χ0v) is 18.4. The third-order valence-corrected chi connectivity index (χ3v) is 4.13. The highest BCUT2D eigenvalue weighted by Crippen LogP contribution is 2.13. The average Bonchev–Trinajstić information content (AvgIpc) is 2.84. The lowest BCUT2D eigenvalue weighted by Gasteiger charge is -2.08. The number of aliphatic hydroxyl groups is 1. The predicted octanol–water partition coefficient (Wildman–Crippen LogP) is 1.71. The number of carbonyl (C=O) groups is 2. The SMILES string of the molecule is C=C(COCC(=O)N/N=C/c1ccc([C@@H](O)OC)cc1)N/N=C/c1ccc(C(=O)OC)cc1. The monoisotopic (exact) mass is 454 g/mol. The molecule has 0 fully saturated rings. The van der Waals surface area contributed by atoms with Crippen molar-refractivity contribution in [1.29, 1.82) is 0 Å². The zero-order valence-electron chi connectivity index (χ0n) is 18.4. The van der Waals surface area contributed by atoms with Gasteiger partial charge in [-0.05, 0) is 23.3 Å². The Balaban J connectivity index is 1.65. The Labute approximate surface area is 191 Å². The molecule has 0 saturated heterocycles. The molecule has 3 N–H and O–H groups in total. The highest BCUT2D eigenvalue weighted by Gasteiger charge is 2.05. The van der Waals surface area contributed by atoms with Crippen LogP contribution >= 0.6 is 0 Å². The fraction of sp³-hybridized carbons (Fsp3) is 0.217. The molecule has 0 aromatic heterocycles. The molecule has 0 bridgehead atoms. The van der Waals surface area contributed by atoms with Gasteiger partial charge in [0.1, 0.15) is 6.61 Å². The molecule has 0 unspecified atom stereocenters. The molecule has 0 radical (unpaired) electrons. The number of ether oxygens (including phenoxy) is 3. The summed E-state index contributed by atoms with van der Waals surface area (Å²) in [6, 6.07) is 13.6. The first-order valence-corrected chi connectivity index (χ1v) is 9.78. The van der Waals surface area contributed by atoms with Crippen LogP contribution in [0.1, 0.15) is 33.3 Å². The summed E-state index contributed by atoms with van der Waals surface area (Å²) in [4.78, 5) is 23.2. The lowest BCUT2D eigenvalue weighted by molar-refractivity contribution is -0.125. The molecule has 0 saturated carbocycles. The van der Waals surface area contributed by atoms with Crippen molar-refractivity contribution < 1.29 is 28.9 Å². The van der Waals surface area contributed by atoms with Crippen molar-refractivity contribution in [2.75, 3.05) is 27.4 Å². The Kier molecular flexibility index (Phi) is 10.4. The van der Waals surface area contributed by atoms with E-state index in [1.165, 1.54) is 20.4 Å². The summed E-state index contributed by atoms with van der Waals surface area (Å²) in [5.41, 5.74) is 8.07. The quantitative estimate of drug-likeness (QED) is 0.193. The Morgan fingerprint density at radius 1 is 0.970 bits per heavy atom. The van der Waals surface area contributed by atoms with Crippen LogP contribution in [-0.2, 0) is 19.0 Å². The second kappa shape index (κ2) is 13.5. The number of esters is 1. The van der Waals surface area contributed by atoms with Crippen molar-refractivity contribution in [3.63, 3.8) is 0 Å². The maximum absolute atomic E-state index is 11.8.